The predicted octanol–water partition coefficient (Wildman–Crippen LogP) is 10.8. The van der Waals surface area contributed by atoms with Gasteiger partial charge >= 0.3 is 0 Å². The molecule has 0 atom stereocenters. The molecule has 2 heterocycles. The Bertz CT molecular complexity index is 2030. The number of rotatable bonds is 5. The molecule has 0 aliphatic heterocycles. The van der Waals surface area contributed by atoms with E-state index in [1.165, 1.54) is 38.5 Å². The van der Waals surface area contributed by atoms with Crippen molar-refractivity contribution in [3.05, 3.63) is 119 Å². The van der Waals surface area contributed by atoms with Crippen LogP contribution in [-0.2, 0) is 12.5 Å². The molecule has 0 amide bonds. The maximum Gasteiger partial charge on any atom is 0.287 e. The molecule has 218 valence electrons. The minimum Gasteiger partial charge on any atom is -0.237 e. The van der Waals surface area contributed by atoms with Gasteiger partial charge in [-0.1, -0.05) is 109 Å². The Morgan fingerprint density at radius 1 is 0.698 bits per heavy atom. The SMILES string of the molecule is [2H]C(C)(C)c1cccc(C([2H])(C)C)c1-c1cc[n+](C)c(-n2c3ccc(-c4ccccc4)cc3c3ccc(C(C)(C)C)c(C)c32)c1. The average Bonchev–Trinajstić information content (AvgIpc) is 3.30. The Morgan fingerprint density at radius 3 is 2.00 bits per heavy atom. The fourth-order valence-corrected chi connectivity index (χ4v) is 6.77. The first kappa shape index (κ1) is 26.5. The van der Waals surface area contributed by atoms with Gasteiger partial charge in [-0.3, -0.25) is 0 Å². The van der Waals surface area contributed by atoms with Crippen molar-refractivity contribution in [2.45, 2.75) is 72.6 Å². The molecule has 4 aromatic carbocycles. The summed E-state index contributed by atoms with van der Waals surface area (Å²) in [6, 6.07) is 32.5. The van der Waals surface area contributed by atoms with E-state index in [-0.39, 0.29) is 5.41 Å². The van der Waals surface area contributed by atoms with E-state index in [1.807, 2.05) is 33.8 Å². The van der Waals surface area contributed by atoms with Gasteiger partial charge in [0.2, 0.25) is 0 Å². The number of nitrogens with zero attached hydrogens (tertiary/aromatic N) is 2. The number of aryl methyl sites for hydroxylation is 2. The molecule has 0 saturated carbocycles. The van der Waals surface area contributed by atoms with Gasteiger partial charge in [0, 0.05) is 25.1 Å². The first-order chi connectivity index (χ1) is 21.1. The van der Waals surface area contributed by atoms with Crippen LogP contribution in [0.4, 0.5) is 0 Å². The number of fused-ring (bicyclic) bond motifs is 3. The summed E-state index contributed by atoms with van der Waals surface area (Å²) in [5, 5.41) is 2.46. The van der Waals surface area contributed by atoms with Crippen molar-refractivity contribution >= 4 is 21.8 Å². The number of pyridine rings is 1. The van der Waals surface area contributed by atoms with E-state index in [4.69, 9.17) is 2.74 Å². The van der Waals surface area contributed by atoms with E-state index in [0.29, 0.717) is 0 Å². The van der Waals surface area contributed by atoms with E-state index >= 15 is 0 Å². The number of benzene rings is 4. The zero-order valence-electron chi connectivity index (χ0n) is 29.1. The zero-order valence-corrected chi connectivity index (χ0v) is 27.1. The molecular weight excluding hydrogens is 520 g/mol. The summed E-state index contributed by atoms with van der Waals surface area (Å²) in [4.78, 5) is 0. The normalized spacial score (nSPS) is 13.4. The first-order valence-electron chi connectivity index (χ1n) is 16.4. The molecule has 0 saturated heterocycles. The molecule has 0 bridgehead atoms. The molecule has 0 aliphatic carbocycles. The molecule has 0 radical (unpaired) electrons. The van der Waals surface area contributed by atoms with Crippen LogP contribution in [0.2, 0.25) is 0 Å². The monoisotopic (exact) mass is 567 g/mol. The minimum atomic E-state index is -0.826. The third-order valence-electron chi connectivity index (χ3n) is 8.88. The van der Waals surface area contributed by atoms with Crippen molar-refractivity contribution < 1.29 is 7.31 Å². The lowest BCUT2D eigenvalue weighted by atomic mass is 9.83. The van der Waals surface area contributed by atoms with Crippen LogP contribution < -0.4 is 4.57 Å². The van der Waals surface area contributed by atoms with Gasteiger partial charge < -0.3 is 0 Å². The quantitative estimate of drug-likeness (QED) is 0.183. The van der Waals surface area contributed by atoms with Crippen molar-refractivity contribution in [1.29, 1.82) is 0 Å². The van der Waals surface area contributed by atoms with Gasteiger partial charge in [0.05, 0.1) is 13.2 Å². The third kappa shape index (κ3) is 4.97. The van der Waals surface area contributed by atoms with Crippen LogP contribution in [0.3, 0.4) is 0 Å². The topological polar surface area (TPSA) is 8.81 Å². The fourth-order valence-electron chi connectivity index (χ4n) is 6.77. The van der Waals surface area contributed by atoms with Crippen LogP contribution in [0, 0.1) is 6.92 Å². The van der Waals surface area contributed by atoms with Gasteiger partial charge in [-0.05, 0) is 87.3 Å². The maximum absolute atomic E-state index is 9.04. The van der Waals surface area contributed by atoms with Gasteiger partial charge in [-0.15, -0.1) is 0 Å². The molecule has 2 aromatic heterocycles. The van der Waals surface area contributed by atoms with E-state index < -0.39 is 11.8 Å². The summed E-state index contributed by atoms with van der Waals surface area (Å²) in [5.41, 5.74) is 11.3. The highest BCUT2D eigenvalue weighted by Gasteiger charge is 2.28. The van der Waals surface area contributed by atoms with E-state index in [9.17, 15) is 0 Å². The lowest BCUT2D eigenvalue weighted by molar-refractivity contribution is -0.665. The highest BCUT2D eigenvalue weighted by molar-refractivity contribution is 6.11. The minimum absolute atomic E-state index is 0.00789. The van der Waals surface area contributed by atoms with Crippen LogP contribution in [0.25, 0.3) is 49.9 Å². The van der Waals surface area contributed by atoms with Crippen LogP contribution in [0.15, 0.2) is 97.2 Å². The zero-order chi connectivity index (χ0) is 32.5. The Hall–Kier alpha value is -4.17. The summed E-state index contributed by atoms with van der Waals surface area (Å²) in [6.07, 6.45) is 2.12. The largest absolute Gasteiger partial charge is 0.287 e. The second-order valence-electron chi connectivity index (χ2n) is 13.4. The molecule has 0 spiro atoms. The Kier molecular flexibility index (Phi) is 6.66. The van der Waals surface area contributed by atoms with E-state index in [2.05, 4.69) is 135 Å². The van der Waals surface area contributed by atoms with Gasteiger partial charge in [0.25, 0.3) is 5.82 Å². The van der Waals surface area contributed by atoms with Crippen molar-refractivity contribution in [2.24, 2.45) is 7.05 Å². The Labute approximate surface area is 260 Å². The van der Waals surface area contributed by atoms with E-state index in [0.717, 1.165) is 33.6 Å². The number of hydrogen-bond acceptors (Lipinski definition) is 0. The first-order valence-corrected chi connectivity index (χ1v) is 15.4. The lowest BCUT2D eigenvalue weighted by Gasteiger charge is -2.22. The van der Waals surface area contributed by atoms with Gasteiger partial charge in [0.1, 0.15) is 11.0 Å². The molecule has 0 aliphatic rings. The summed E-state index contributed by atoms with van der Waals surface area (Å²) in [7, 11) is 2.10. The molecule has 0 unspecified atom stereocenters. The number of hydrogen-bond donors (Lipinski definition) is 0. The van der Waals surface area contributed by atoms with Crippen LogP contribution >= 0.6 is 0 Å². The standard InChI is InChI=1S/C41H45N2/c1-26(2)32-16-13-17-33(27(3)4)39(32)31-22-23-42(9)38(25-31)43-37-21-18-30(29-14-11-10-12-15-29)24-35(37)34-19-20-36(41(6,7)8)28(5)40(34)43/h10-27H,1-9H3/q+1/i26D,27D. The molecule has 6 aromatic rings. The van der Waals surface area contributed by atoms with Gasteiger partial charge in [-0.2, -0.15) is 4.57 Å². The molecule has 0 fully saturated rings. The van der Waals surface area contributed by atoms with E-state index in [1.54, 1.807) is 0 Å². The lowest BCUT2D eigenvalue weighted by Crippen LogP contribution is -2.33. The summed E-state index contributed by atoms with van der Waals surface area (Å²) in [5.74, 6) is -0.609. The van der Waals surface area contributed by atoms with Crippen molar-refractivity contribution in [2.75, 3.05) is 0 Å². The molecule has 43 heavy (non-hydrogen) atoms. The molecule has 6 rings (SSSR count). The molecule has 0 N–H and O–H groups in total. The summed E-state index contributed by atoms with van der Waals surface area (Å²) in [6.45, 7) is 16.9. The second kappa shape index (κ2) is 10.8. The highest BCUT2D eigenvalue weighted by atomic mass is 15.1. The van der Waals surface area contributed by atoms with Crippen LogP contribution in [0.1, 0.15) is 85.2 Å². The van der Waals surface area contributed by atoms with Crippen molar-refractivity contribution in [3.8, 4) is 28.1 Å². The average molecular weight is 568 g/mol. The Morgan fingerprint density at radius 2 is 1.37 bits per heavy atom. The van der Waals surface area contributed by atoms with Crippen molar-refractivity contribution in [3.63, 3.8) is 0 Å². The van der Waals surface area contributed by atoms with Gasteiger partial charge in [-0.25, -0.2) is 4.57 Å². The highest BCUT2D eigenvalue weighted by Crippen LogP contribution is 2.41. The molecule has 2 heteroatoms. The summed E-state index contributed by atoms with van der Waals surface area (Å²) >= 11 is 0. The Balaban J connectivity index is 1.72. The second-order valence-corrected chi connectivity index (χ2v) is 13.4. The fraction of sp³-hybridized carbons (Fsp3) is 0.293. The van der Waals surface area contributed by atoms with Crippen LogP contribution in [0.5, 0.6) is 0 Å². The predicted molar refractivity (Wildman–Crippen MR) is 184 cm³/mol. The molecular formula is C41H45N2+. The van der Waals surface area contributed by atoms with Crippen LogP contribution in [-0.4, -0.2) is 4.57 Å². The third-order valence-corrected chi connectivity index (χ3v) is 8.88. The maximum atomic E-state index is 9.04. The molecule has 2 nitrogen and oxygen atoms in total. The summed E-state index contributed by atoms with van der Waals surface area (Å²) < 4.78 is 22.7. The van der Waals surface area contributed by atoms with Crippen molar-refractivity contribution in [1.82, 2.24) is 4.57 Å². The number of aromatic nitrogens is 2. The smallest absolute Gasteiger partial charge is 0.237 e. The van der Waals surface area contributed by atoms with Gasteiger partial charge in [0.15, 0.2) is 0 Å².